The Bertz CT molecular complexity index is 508. The zero-order valence-corrected chi connectivity index (χ0v) is 11.5. The molecule has 1 aromatic rings. The molecular formula is C15H19NO5. The van der Waals surface area contributed by atoms with E-state index in [1.807, 2.05) is 4.90 Å². The van der Waals surface area contributed by atoms with E-state index in [0.29, 0.717) is 18.5 Å². The first-order valence-corrected chi connectivity index (χ1v) is 7.12. The maximum Gasteiger partial charge on any atom is 0.338 e. The minimum atomic E-state index is -1.10. The van der Waals surface area contributed by atoms with E-state index in [9.17, 15) is 20.1 Å². The van der Waals surface area contributed by atoms with Gasteiger partial charge in [-0.2, -0.15) is 0 Å². The molecule has 5 atom stereocenters. The average molecular weight is 293 g/mol. The SMILES string of the molecule is O=C(OC1C(O)CN2CC[C@H](O)C2C1O)c1ccccc1. The molecule has 0 amide bonds. The Labute approximate surface area is 122 Å². The van der Waals surface area contributed by atoms with Crippen molar-refractivity contribution in [1.29, 1.82) is 0 Å². The molecule has 114 valence electrons. The van der Waals surface area contributed by atoms with Crippen molar-refractivity contribution in [1.82, 2.24) is 4.90 Å². The van der Waals surface area contributed by atoms with Crippen LogP contribution in [0.1, 0.15) is 16.8 Å². The first-order valence-electron chi connectivity index (χ1n) is 7.12. The minimum absolute atomic E-state index is 0.283. The van der Waals surface area contributed by atoms with Gasteiger partial charge in [-0.25, -0.2) is 4.79 Å². The highest BCUT2D eigenvalue weighted by Crippen LogP contribution is 2.30. The van der Waals surface area contributed by atoms with Crippen LogP contribution in [0.5, 0.6) is 0 Å². The van der Waals surface area contributed by atoms with E-state index in [2.05, 4.69) is 0 Å². The van der Waals surface area contributed by atoms with Gasteiger partial charge < -0.3 is 20.1 Å². The van der Waals surface area contributed by atoms with Gasteiger partial charge in [0.2, 0.25) is 0 Å². The summed E-state index contributed by atoms with van der Waals surface area (Å²) < 4.78 is 5.28. The quantitative estimate of drug-likeness (QED) is 0.630. The van der Waals surface area contributed by atoms with Gasteiger partial charge >= 0.3 is 5.97 Å². The molecule has 0 aromatic heterocycles. The van der Waals surface area contributed by atoms with E-state index in [1.165, 1.54) is 0 Å². The van der Waals surface area contributed by atoms with Gasteiger partial charge in [-0.05, 0) is 18.6 Å². The molecule has 0 radical (unpaired) electrons. The zero-order valence-electron chi connectivity index (χ0n) is 11.5. The van der Waals surface area contributed by atoms with Gasteiger partial charge in [0, 0.05) is 13.1 Å². The number of esters is 1. The third-order valence-electron chi connectivity index (χ3n) is 4.27. The maximum atomic E-state index is 12.1. The third-order valence-corrected chi connectivity index (χ3v) is 4.27. The predicted octanol–water partition coefficient (Wildman–Crippen LogP) is -0.617. The molecule has 2 aliphatic rings. The van der Waals surface area contributed by atoms with Crippen molar-refractivity contribution in [2.24, 2.45) is 0 Å². The van der Waals surface area contributed by atoms with Crippen LogP contribution >= 0.6 is 0 Å². The Morgan fingerprint density at radius 3 is 2.57 bits per heavy atom. The van der Waals surface area contributed by atoms with Crippen LogP contribution in [0.25, 0.3) is 0 Å². The van der Waals surface area contributed by atoms with Crippen LogP contribution in [0.4, 0.5) is 0 Å². The molecule has 2 fully saturated rings. The van der Waals surface area contributed by atoms with Crippen LogP contribution in [0.15, 0.2) is 30.3 Å². The Kier molecular flexibility index (Phi) is 3.95. The summed E-state index contributed by atoms with van der Waals surface area (Å²) in [5, 5.41) is 30.4. The Morgan fingerprint density at radius 1 is 1.14 bits per heavy atom. The van der Waals surface area contributed by atoms with Gasteiger partial charge in [-0.15, -0.1) is 0 Å². The summed E-state index contributed by atoms with van der Waals surface area (Å²) in [4.78, 5) is 13.9. The summed E-state index contributed by atoms with van der Waals surface area (Å²) in [5.74, 6) is -0.584. The fourth-order valence-electron chi connectivity index (χ4n) is 3.20. The summed E-state index contributed by atoms with van der Waals surface area (Å²) in [6.07, 6.45) is -3.20. The largest absolute Gasteiger partial charge is 0.453 e. The molecule has 0 spiro atoms. The van der Waals surface area contributed by atoms with Crippen LogP contribution in [-0.4, -0.2) is 69.7 Å². The van der Waals surface area contributed by atoms with Crippen LogP contribution < -0.4 is 0 Å². The van der Waals surface area contributed by atoms with E-state index in [0.717, 1.165) is 0 Å². The van der Waals surface area contributed by atoms with Crippen molar-refractivity contribution in [3.63, 3.8) is 0 Å². The number of ether oxygens (including phenoxy) is 1. The first-order chi connectivity index (χ1) is 10.1. The van der Waals surface area contributed by atoms with Gasteiger partial charge in [0.05, 0.1) is 17.7 Å². The molecular weight excluding hydrogens is 274 g/mol. The molecule has 3 N–H and O–H groups in total. The van der Waals surface area contributed by atoms with Gasteiger partial charge in [-0.1, -0.05) is 18.2 Å². The third kappa shape index (κ3) is 2.67. The van der Waals surface area contributed by atoms with Crippen LogP contribution in [0, 0.1) is 0 Å². The molecule has 2 saturated heterocycles. The molecule has 6 heteroatoms. The van der Waals surface area contributed by atoms with E-state index in [-0.39, 0.29) is 6.54 Å². The highest BCUT2D eigenvalue weighted by molar-refractivity contribution is 5.89. The van der Waals surface area contributed by atoms with Crippen molar-refractivity contribution in [2.75, 3.05) is 13.1 Å². The maximum absolute atomic E-state index is 12.1. The van der Waals surface area contributed by atoms with E-state index < -0.39 is 36.4 Å². The van der Waals surface area contributed by atoms with E-state index in [1.54, 1.807) is 30.3 Å². The lowest BCUT2D eigenvalue weighted by Crippen LogP contribution is -2.62. The number of nitrogens with zero attached hydrogens (tertiary/aromatic N) is 1. The Balaban J connectivity index is 1.74. The minimum Gasteiger partial charge on any atom is -0.453 e. The van der Waals surface area contributed by atoms with Crippen LogP contribution in [-0.2, 0) is 4.74 Å². The molecule has 0 saturated carbocycles. The number of hydrogen-bond acceptors (Lipinski definition) is 6. The molecule has 0 bridgehead atoms. The Morgan fingerprint density at radius 2 is 1.86 bits per heavy atom. The van der Waals surface area contributed by atoms with Crippen molar-refractivity contribution < 1.29 is 24.9 Å². The second kappa shape index (κ2) is 5.73. The van der Waals surface area contributed by atoms with Crippen molar-refractivity contribution in [2.45, 2.75) is 36.9 Å². The highest BCUT2D eigenvalue weighted by Gasteiger charge is 2.49. The topological polar surface area (TPSA) is 90.2 Å². The van der Waals surface area contributed by atoms with Crippen LogP contribution in [0.3, 0.4) is 0 Å². The molecule has 6 nitrogen and oxygen atoms in total. The average Bonchev–Trinajstić information content (AvgIpc) is 2.85. The van der Waals surface area contributed by atoms with E-state index in [4.69, 9.17) is 4.74 Å². The molecule has 4 unspecified atom stereocenters. The summed E-state index contributed by atoms with van der Waals surface area (Å²) in [7, 11) is 0. The molecule has 2 heterocycles. The number of hydrogen-bond donors (Lipinski definition) is 3. The number of aliphatic hydroxyl groups is 3. The second-order valence-electron chi connectivity index (χ2n) is 5.64. The number of carbonyl (C=O) groups excluding carboxylic acids is 1. The number of benzene rings is 1. The summed E-state index contributed by atoms with van der Waals surface area (Å²) >= 11 is 0. The number of carbonyl (C=O) groups is 1. The molecule has 21 heavy (non-hydrogen) atoms. The van der Waals surface area contributed by atoms with Gasteiger partial charge in [0.25, 0.3) is 0 Å². The number of aliphatic hydroxyl groups excluding tert-OH is 3. The summed E-state index contributed by atoms with van der Waals surface area (Å²) in [6.45, 7) is 0.908. The lowest BCUT2D eigenvalue weighted by atomic mass is 9.92. The van der Waals surface area contributed by atoms with Crippen molar-refractivity contribution >= 4 is 5.97 Å². The second-order valence-corrected chi connectivity index (χ2v) is 5.64. The number of piperidine rings is 1. The first kappa shape index (κ1) is 14.5. The van der Waals surface area contributed by atoms with E-state index >= 15 is 0 Å². The number of rotatable bonds is 2. The predicted molar refractivity (Wildman–Crippen MR) is 73.6 cm³/mol. The fraction of sp³-hybridized carbons (Fsp3) is 0.533. The van der Waals surface area contributed by atoms with Crippen molar-refractivity contribution in [3.8, 4) is 0 Å². The monoisotopic (exact) mass is 293 g/mol. The molecule has 3 rings (SSSR count). The fourth-order valence-corrected chi connectivity index (χ4v) is 3.20. The highest BCUT2D eigenvalue weighted by atomic mass is 16.6. The summed E-state index contributed by atoms with van der Waals surface area (Å²) in [5.41, 5.74) is 0.367. The lowest BCUT2D eigenvalue weighted by molar-refractivity contribution is -0.144. The standard InChI is InChI=1S/C15H19NO5/c17-10-6-7-16-8-11(18)14(13(19)12(10)16)21-15(20)9-4-2-1-3-5-9/h1-5,10-14,17-19H,6-8H2/t10-,11?,12?,13?,14?/m0/s1. The van der Waals surface area contributed by atoms with Crippen LogP contribution in [0.2, 0.25) is 0 Å². The van der Waals surface area contributed by atoms with Gasteiger partial charge in [0.1, 0.15) is 12.2 Å². The molecule has 1 aromatic carbocycles. The zero-order chi connectivity index (χ0) is 15.0. The number of fused-ring (bicyclic) bond motifs is 1. The smallest absolute Gasteiger partial charge is 0.338 e. The lowest BCUT2D eigenvalue weighted by Gasteiger charge is -2.42. The van der Waals surface area contributed by atoms with Gasteiger partial charge in [-0.3, -0.25) is 4.90 Å². The molecule has 2 aliphatic heterocycles. The molecule has 0 aliphatic carbocycles. The summed E-state index contributed by atoms with van der Waals surface area (Å²) in [6, 6.07) is 7.95. The van der Waals surface area contributed by atoms with Gasteiger partial charge in [0.15, 0.2) is 6.10 Å². The van der Waals surface area contributed by atoms with Crippen molar-refractivity contribution in [3.05, 3.63) is 35.9 Å². The Hall–Kier alpha value is -1.47. The normalized spacial score (nSPS) is 36.2.